The minimum Gasteiger partial charge on any atom is -0.507 e. The van der Waals surface area contributed by atoms with Crippen LogP contribution >= 0.6 is 22.9 Å². The van der Waals surface area contributed by atoms with Crippen molar-refractivity contribution >= 4 is 55.7 Å². The third-order valence-corrected chi connectivity index (χ3v) is 8.10. The predicted octanol–water partition coefficient (Wildman–Crippen LogP) is 7.76. The average Bonchev–Trinajstić information content (AvgIpc) is 3.45. The minimum atomic E-state index is -0.866. The molecule has 1 fully saturated rings. The number of ketones is 1. The smallest absolute Gasteiger partial charge is 0.301 e. The van der Waals surface area contributed by atoms with Gasteiger partial charge in [-0.15, -0.1) is 0 Å². The van der Waals surface area contributed by atoms with E-state index in [0.717, 1.165) is 35.1 Å². The maximum absolute atomic E-state index is 13.5. The number of hydrogen-bond donors (Lipinski definition) is 1. The van der Waals surface area contributed by atoms with Crippen LogP contribution in [0.15, 0.2) is 66.2 Å². The molecule has 0 radical (unpaired) electrons. The molecule has 1 aliphatic rings. The lowest BCUT2D eigenvalue weighted by Gasteiger charge is -2.23. The number of benzene rings is 3. The first-order chi connectivity index (χ1) is 18.8. The summed E-state index contributed by atoms with van der Waals surface area (Å²) in [4.78, 5) is 33.1. The van der Waals surface area contributed by atoms with E-state index in [1.54, 1.807) is 18.2 Å². The number of aryl methyl sites for hydroxylation is 2. The van der Waals surface area contributed by atoms with Gasteiger partial charge in [0, 0.05) is 10.6 Å². The van der Waals surface area contributed by atoms with Gasteiger partial charge >= 0.3 is 5.91 Å². The van der Waals surface area contributed by atoms with E-state index in [1.807, 2.05) is 56.3 Å². The lowest BCUT2D eigenvalue weighted by atomic mass is 9.93. The van der Waals surface area contributed by atoms with E-state index in [-0.39, 0.29) is 11.3 Å². The molecule has 1 atom stereocenters. The number of nitrogens with zero attached hydrogens (tertiary/aromatic N) is 2. The Labute approximate surface area is 236 Å². The van der Waals surface area contributed by atoms with E-state index in [4.69, 9.17) is 16.3 Å². The summed E-state index contributed by atoms with van der Waals surface area (Å²) in [5, 5.41) is 12.4. The van der Waals surface area contributed by atoms with Crippen LogP contribution in [0.25, 0.3) is 16.0 Å². The maximum atomic E-state index is 13.5. The van der Waals surface area contributed by atoms with Crippen molar-refractivity contribution in [3.8, 4) is 5.75 Å². The number of aromatic nitrogens is 1. The lowest BCUT2D eigenvalue weighted by molar-refractivity contribution is -0.132. The summed E-state index contributed by atoms with van der Waals surface area (Å²) in [6, 6.07) is 17.4. The molecule has 4 aromatic rings. The molecule has 3 aromatic carbocycles. The zero-order chi connectivity index (χ0) is 27.7. The summed E-state index contributed by atoms with van der Waals surface area (Å²) < 4.78 is 6.67. The molecule has 0 bridgehead atoms. The van der Waals surface area contributed by atoms with Gasteiger partial charge < -0.3 is 9.84 Å². The first-order valence-electron chi connectivity index (χ1n) is 13.0. The van der Waals surface area contributed by atoms with Gasteiger partial charge in [0.2, 0.25) is 0 Å². The summed E-state index contributed by atoms with van der Waals surface area (Å²) in [6.45, 7) is 6.54. The summed E-state index contributed by atoms with van der Waals surface area (Å²) in [5.74, 6) is -0.991. The molecular weight excluding hydrogens is 532 g/mol. The second kappa shape index (κ2) is 11.2. The number of aliphatic hydroxyl groups excluding tert-OH is 1. The van der Waals surface area contributed by atoms with Crippen molar-refractivity contribution in [2.75, 3.05) is 11.5 Å². The van der Waals surface area contributed by atoms with Crippen LogP contribution in [0.1, 0.15) is 54.5 Å². The molecule has 2 heterocycles. The number of aliphatic hydroxyl groups is 1. The van der Waals surface area contributed by atoms with Crippen molar-refractivity contribution < 1.29 is 19.4 Å². The highest BCUT2D eigenvalue weighted by Crippen LogP contribution is 2.45. The number of thiazole rings is 1. The first kappa shape index (κ1) is 26.9. The molecule has 1 N–H and O–H groups in total. The Hall–Kier alpha value is -3.68. The summed E-state index contributed by atoms with van der Waals surface area (Å²) >= 11 is 7.46. The van der Waals surface area contributed by atoms with Gasteiger partial charge in [-0.3, -0.25) is 14.5 Å². The van der Waals surface area contributed by atoms with Gasteiger partial charge in [0.25, 0.3) is 5.78 Å². The maximum Gasteiger partial charge on any atom is 0.301 e. The molecule has 8 heteroatoms. The zero-order valence-electron chi connectivity index (χ0n) is 22.0. The number of halogens is 1. The van der Waals surface area contributed by atoms with Gasteiger partial charge in [-0.1, -0.05) is 72.5 Å². The number of unbranched alkanes of at least 4 members (excludes halogenated alkanes) is 2. The average molecular weight is 561 g/mol. The molecule has 39 heavy (non-hydrogen) atoms. The standard InChI is InChI=1S/C31H29ClN2O4S/c1-4-5-6-15-38-22-12-9-20(10-13-22)27-26(28(35)23-16-18(2)7-8-19(23)3)29(36)30(37)34(27)31-33-24-14-11-21(32)17-25(24)39-31/h7-14,16-17,27,35H,4-6,15H2,1-3H3. The van der Waals surface area contributed by atoms with Crippen molar-refractivity contribution in [2.24, 2.45) is 0 Å². The van der Waals surface area contributed by atoms with Gasteiger partial charge in [0.05, 0.1) is 28.4 Å². The number of ether oxygens (including phenoxy) is 1. The molecule has 1 aromatic heterocycles. The molecule has 1 amide bonds. The summed E-state index contributed by atoms with van der Waals surface area (Å²) in [7, 11) is 0. The third-order valence-electron chi connectivity index (χ3n) is 6.85. The van der Waals surface area contributed by atoms with E-state index in [9.17, 15) is 14.7 Å². The number of carbonyl (C=O) groups is 2. The number of Topliss-reactive ketones (excluding diaryl/α,β-unsaturated/α-hetero) is 1. The number of carbonyl (C=O) groups excluding carboxylic acids is 2. The fourth-order valence-electron chi connectivity index (χ4n) is 4.76. The van der Waals surface area contributed by atoms with Gasteiger partial charge in [-0.05, 0) is 67.8 Å². The van der Waals surface area contributed by atoms with Gasteiger partial charge in [0.1, 0.15) is 11.5 Å². The highest BCUT2D eigenvalue weighted by molar-refractivity contribution is 7.22. The van der Waals surface area contributed by atoms with E-state index in [1.165, 1.54) is 16.2 Å². The molecule has 1 unspecified atom stereocenters. The fraction of sp³-hybridized carbons (Fsp3) is 0.258. The van der Waals surface area contributed by atoms with Crippen LogP contribution in [0.2, 0.25) is 5.02 Å². The Morgan fingerprint density at radius 2 is 1.82 bits per heavy atom. The Morgan fingerprint density at radius 1 is 1.05 bits per heavy atom. The van der Waals surface area contributed by atoms with Crippen molar-refractivity contribution in [3.05, 3.63) is 93.5 Å². The summed E-state index contributed by atoms with van der Waals surface area (Å²) in [6.07, 6.45) is 3.17. The van der Waals surface area contributed by atoms with Crippen LogP contribution < -0.4 is 9.64 Å². The van der Waals surface area contributed by atoms with Crippen molar-refractivity contribution in [3.63, 3.8) is 0 Å². The second-order valence-electron chi connectivity index (χ2n) is 9.72. The highest BCUT2D eigenvalue weighted by Gasteiger charge is 2.48. The van der Waals surface area contributed by atoms with Crippen LogP contribution in [-0.2, 0) is 9.59 Å². The van der Waals surface area contributed by atoms with Crippen LogP contribution in [0.3, 0.4) is 0 Å². The van der Waals surface area contributed by atoms with Gasteiger partial charge in [0.15, 0.2) is 5.13 Å². The molecule has 0 aliphatic carbocycles. The Balaban J connectivity index is 1.63. The fourth-order valence-corrected chi connectivity index (χ4v) is 6.03. The van der Waals surface area contributed by atoms with Crippen molar-refractivity contribution in [1.29, 1.82) is 0 Å². The molecule has 6 nitrogen and oxygen atoms in total. The number of rotatable bonds is 8. The van der Waals surface area contributed by atoms with E-state index >= 15 is 0 Å². The number of anilines is 1. The van der Waals surface area contributed by atoms with Gasteiger partial charge in [-0.2, -0.15) is 0 Å². The topological polar surface area (TPSA) is 79.7 Å². The van der Waals surface area contributed by atoms with Crippen molar-refractivity contribution in [2.45, 2.75) is 46.1 Å². The highest BCUT2D eigenvalue weighted by atomic mass is 35.5. The zero-order valence-corrected chi connectivity index (χ0v) is 23.6. The van der Waals surface area contributed by atoms with Crippen LogP contribution in [-0.4, -0.2) is 28.4 Å². The van der Waals surface area contributed by atoms with Crippen LogP contribution in [0, 0.1) is 13.8 Å². The Bertz CT molecular complexity index is 1590. The lowest BCUT2D eigenvalue weighted by Crippen LogP contribution is -2.29. The molecule has 200 valence electrons. The normalized spacial score (nSPS) is 16.8. The van der Waals surface area contributed by atoms with Gasteiger partial charge in [-0.25, -0.2) is 4.98 Å². The first-order valence-corrected chi connectivity index (χ1v) is 14.2. The van der Waals surface area contributed by atoms with Crippen LogP contribution in [0.5, 0.6) is 5.75 Å². The van der Waals surface area contributed by atoms with Crippen molar-refractivity contribution in [1.82, 2.24) is 4.98 Å². The van der Waals surface area contributed by atoms with Crippen LogP contribution in [0.4, 0.5) is 5.13 Å². The van der Waals surface area contributed by atoms with E-state index in [0.29, 0.717) is 39.2 Å². The Morgan fingerprint density at radius 3 is 2.56 bits per heavy atom. The molecule has 1 aliphatic heterocycles. The number of amides is 1. The minimum absolute atomic E-state index is 0.0302. The monoisotopic (exact) mass is 560 g/mol. The predicted molar refractivity (Wildman–Crippen MR) is 157 cm³/mol. The molecule has 5 rings (SSSR count). The third kappa shape index (κ3) is 5.29. The SMILES string of the molecule is CCCCCOc1ccc(C2C(=C(O)c3cc(C)ccc3C)C(=O)C(=O)N2c2nc3ccc(Cl)cc3s2)cc1. The quantitative estimate of drug-likeness (QED) is 0.103. The molecule has 0 saturated carbocycles. The largest absolute Gasteiger partial charge is 0.507 e. The number of hydrogen-bond acceptors (Lipinski definition) is 6. The molecule has 0 spiro atoms. The van der Waals surface area contributed by atoms with E-state index < -0.39 is 17.7 Å². The molecular formula is C31H29ClN2O4S. The number of fused-ring (bicyclic) bond motifs is 1. The summed E-state index contributed by atoms with van der Waals surface area (Å²) in [5.41, 5.74) is 3.62. The Kier molecular flexibility index (Phi) is 7.73. The molecule has 1 saturated heterocycles. The van der Waals surface area contributed by atoms with E-state index in [2.05, 4.69) is 11.9 Å². The second-order valence-corrected chi connectivity index (χ2v) is 11.2.